The van der Waals surface area contributed by atoms with Gasteiger partial charge in [-0.05, 0) is 24.3 Å². The van der Waals surface area contributed by atoms with Crippen molar-refractivity contribution in [3.63, 3.8) is 0 Å². The molecule has 0 spiro atoms. The first-order valence-corrected chi connectivity index (χ1v) is 7.65. The molecule has 1 aliphatic heterocycles. The number of nitrogens with zero attached hydrogens (tertiary/aromatic N) is 4. The highest BCUT2D eigenvalue weighted by Crippen LogP contribution is 2.29. The molecule has 4 rings (SSSR count). The molecule has 1 N–H and O–H groups in total. The van der Waals surface area contributed by atoms with Crippen molar-refractivity contribution in [2.75, 3.05) is 6.54 Å². The quantitative estimate of drug-likeness (QED) is 0.776. The van der Waals surface area contributed by atoms with E-state index in [2.05, 4.69) is 20.4 Å². The summed E-state index contributed by atoms with van der Waals surface area (Å²) in [6, 6.07) is 7.72. The minimum Gasteiger partial charge on any atom is -0.349 e. The number of amides is 1. The summed E-state index contributed by atoms with van der Waals surface area (Å²) in [5.41, 5.74) is 1.63. The Morgan fingerprint density at radius 3 is 2.92 bits per heavy atom. The Balaban J connectivity index is 1.80. The minimum absolute atomic E-state index is 0.141. The Kier molecular flexibility index (Phi) is 3.50. The summed E-state index contributed by atoms with van der Waals surface area (Å²) in [6.45, 7) is 1.13. The molecule has 2 aromatic heterocycles. The largest absolute Gasteiger partial charge is 0.349 e. The van der Waals surface area contributed by atoms with Crippen LogP contribution in [0.2, 0.25) is 5.02 Å². The Morgan fingerprint density at radius 2 is 2.12 bits per heavy atom. The Morgan fingerprint density at radius 1 is 1.25 bits per heavy atom. The molecule has 6 nitrogen and oxygen atoms in total. The first-order chi connectivity index (χ1) is 11.6. The van der Waals surface area contributed by atoms with Crippen molar-refractivity contribution in [3.05, 3.63) is 53.1 Å². The summed E-state index contributed by atoms with van der Waals surface area (Å²) in [6.07, 6.45) is 1.51. The van der Waals surface area contributed by atoms with Crippen molar-refractivity contribution < 1.29 is 9.18 Å². The van der Waals surface area contributed by atoms with Crippen LogP contribution >= 0.6 is 11.6 Å². The first-order valence-electron chi connectivity index (χ1n) is 7.27. The lowest BCUT2D eigenvalue weighted by molar-refractivity contribution is 0.0924. The molecule has 0 saturated heterocycles. The van der Waals surface area contributed by atoms with Crippen LogP contribution in [-0.2, 0) is 6.54 Å². The molecule has 0 bridgehead atoms. The maximum absolute atomic E-state index is 14.1. The zero-order valence-corrected chi connectivity index (χ0v) is 13.1. The van der Waals surface area contributed by atoms with Gasteiger partial charge in [-0.25, -0.2) is 14.4 Å². The third-order valence-electron chi connectivity index (χ3n) is 3.73. The number of rotatable bonds is 2. The second-order valence-electron chi connectivity index (χ2n) is 5.26. The summed E-state index contributed by atoms with van der Waals surface area (Å²) < 4.78 is 15.7. The van der Waals surface area contributed by atoms with Crippen LogP contribution in [0.3, 0.4) is 0 Å². The first kappa shape index (κ1) is 14.8. The van der Waals surface area contributed by atoms with Crippen molar-refractivity contribution in [3.8, 4) is 22.8 Å². The van der Waals surface area contributed by atoms with Gasteiger partial charge in [-0.15, -0.1) is 0 Å². The summed E-state index contributed by atoms with van der Waals surface area (Å²) in [5, 5.41) is 7.38. The van der Waals surface area contributed by atoms with Crippen molar-refractivity contribution in [2.45, 2.75) is 6.54 Å². The van der Waals surface area contributed by atoms with E-state index in [0.29, 0.717) is 30.2 Å². The number of fused-ring (bicyclic) bond motifs is 1. The Bertz CT molecular complexity index is 935. The molecular formula is C16H11ClFN5O. The van der Waals surface area contributed by atoms with E-state index in [0.717, 1.165) is 0 Å². The molecule has 3 heterocycles. The molecule has 3 aromatic rings. The van der Waals surface area contributed by atoms with Crippen LogP contribution in [0.1, 0.15) is 10.5 Å². The molecule has 0 fully saturated rings. The van der Waals surface area contributed by atoms with E-state index >= 15 is 0 Å². The molecule has 0 atom stereocenters. The zero-order valence-electron chi connectivity index (χ0n) is 12.3. The van der Waals surface area contributed by atoms with Gasteiger partial charge in [-0.3, -0.25) is 9.48 Å². The highest BCUT2D eigenvalue weighted by Gasteiger charge is 2.21. The molecule has 24 heavy (non-hydrogen) atoms. The molecule has 0 radical (unpaired) electrons. The molecule has 0 aliphatic carbocycles. The van der Waals surface area contributed by atoms with Crippen molar-refractivity contribution in [1.29, 1.82) is 0 Å². The number of aromatic nitrogens is 4. The summed E-state index contributed by atoms with van der Waals surface area (Å²) in [4.78, 5) is 20.3. The lowest BCUT2D eigenvalue weighted by Gasteiger charge is -2.13. The number of halogens is 2. The van der Waals surface area contributed by atoms with Crippen LogP contribution in [0, 0.1) is 5.82 Å². The average Bonchev–Trinajstić information content (AvgIpc) is 3.01. The second kappa shape index (κ2) is 5.68. The van der Waals surface area contributed by atoms with E-state index in [-0.39, 0.29) is 22.3 Å². The fourth-order valence-corrected chi connectivity index (χ4v) is 2.84. The smallest absolute Gasteiger partial charge is 0.269 e. The third kappa shape index (κ3) is 2.43. The fraction of sp³-hybridized carbons (Fsp3) is 0.125. The lowest BCUT2D eigenvalue weighted by Crippen LogP contribution is -2.35. The van der Waals surface area contributed by atoms with Gasteiger partial charge in [0.15, 0.2) is 5.82 Å². The summed E-state index contributed by atoms with van der Waals surface area (Å²) in [7, 11) is 0. The second-order valence-corrected chi connectivity index (χ2v) is 5.66. The van der Waals surface area contributed by atoms with E-state index in [9.17, 15) is 9.18 Å². The number of carbonyl (C=O) groups is 1. The van der Waals surface area contributed by atoms with Gasteiger partial charge in [0.1, 0.15) is 17.2 Å². The highest BCUT2D eigenvalue weighted by atomic mass is 35.5. The number of hydrogen-bond acceptors (Lipinski definition) is 4. The third-order valence-corrected chi connectivity index (χ3v) is 4.04. The van der Waals surface area contributed by atoms with Crippen LogP contribution < -0.4 is 5.32 Å². The molecular weight excluding hydrogens is 333 g/mol. The summed E-state index contributed by atoms with van der Waals surface area (Å²) >= 11 is 6.07. The van der Waals surface area contributed by atoms with Gasteiger partial charge in [0.25, 0.3) is 5.91 Å². The van der Waals surface area contributed by atoms with Gasteiger partial charge < -0.3 is 5.32 Å². The van der Waals surface area contributed by atoms with E-state index < -0.39 is 5.82 Å². The molecule has 1 aromatic carbocycles. The van der Waals surface area contributed by atoms with Gasteiger partial charge in [0.05, 0.1) is 22.8 Å². The molecule has 0 unspecified atom stereocenters. The number of carbonyl (C=O) groups excluding carboxylic acids is 1. The molecule has 0 saturated carbocycles. The predicted octanol–water partition coefficient (Wildman–Crippen LogP) is 2.54. The maximum atomic E-state index is 14.1. The van der Waals surface area contributed by atoms with Gasteiger partial charge in [0, 0.05) is 12.7 Å². The van der Waals surface area contributed by atoms with Crippen LogP contribution in [0.25, 0.3) is 22.8 Å². The molecule has 1 amide bonds. The van der Waals surface area contributed by atoms with Crippen LogP contribution in [0.4, 0.5) is 4.39 Å². The fourth-order valence-electron chi connectivity index (χ4n) is 2.59. The van der Waals surface area contributed by atoms with E-state index in [1.807, 2.05) is 0 Å². The lowest BCUT2D eigenvalue weighted by atomic mass is 10.2. The van der Waals surface area contributed by atoms with Crippen molar-refractivity contribution in [2.24, 2.45) is 0 Å². The SMILES string of the molecule is O=C1NCCn2nc(-c3ccnc(-c4c(F)cccc4Cl)n3)cc21. The molecule has 8 heteroatoms. The predicted molar refractivity (Wildman–Crippen MR) is 86.0 cm³/mol. The normalized spacial score (nSPS) is 13.5. The van der Waals surface area contributed by atoms with Crippen LogP contribution in [-0.4, -0.2) is 32.2 Å². The number of nitrogens with one attached hydrogen (secondary N) is 1. The standard InChI is InChI=1S/C16H11ClFN5O/c17-9-2-1-3-10(18)14(9)15-19-5-4-11(21-15)12-8-13-16(24)20-6-7-23(13)22-12/h1-5,8H,6-7H2,(H,20,24). The maximum Gasteiger partial charge on any atom is 0.269 e. The Hall–Kier alpha value is -2.80. The Labute approximate surface area is 141 Å². The van der Waals surface area contributed by atoms with Gasteiger partial charge in [-0.1, -0.05) is 17.7 Å². The monoisotopic (exact) mass is 343 g/mol. The van der Waals surface area contributed by atoms with Gasteiger partial charge in [-0.2, -0.15) is 5.10 Å². The van der Waals surface area contributed by atoms with Crippen LogP contribution in [0.15, 0.2) is 36.5 Å². The average molecular weight is 344 g/mol. The van der Waals surface area contributed by atoms with Crippen LogP contribution in [0.5, 0.6) is 0 Å². The van der Waals surface area contributed by atoms with Gasteiger partial charge >= 0.3 is 0 Å². The summed E-state index contributed by atoms with van der Waals surface area (Å²) in [5.74, 6) is -0.499. The highest BCUT2D eigenvalue weighted by molar-refractivity contribution is 6.33. The van der Waals surface area contributed by atoms with Gasteiger partial charge in [0.2, 0.25) is 0 Å². The minimum atomic E-state index is -0.497. The zero-order chi connectivity index (χ0) is 16.7. The van der Waals surface area contributed by atoms with E-state index in [1.54, 1.807) is 22.9 Å². The molecule has 120 valence electrons. The number of benzene rings is 1. The van der Waals surface area contributed by atoms with Crippen molar-refractivity contribution >= 4 is 17.5 Å². The van der Waals surface area contributed by atoms with Crippen molar-refractivity contribution in [1.82, 2.24) is 25.1 Å². The van der Waals surface area contributed by atoms with E-state index in [4.69, 9.17) is 11.6 Å². The van der Waals surface area contributed by atoms with E-state index in [1.165, 1.54) is 18.3 Å². The molecule has 1 aliphatic rings. The number of hydrogen-bond donors (Lipinski definition) is 1. The topological polar surface area (TPSA) is 72.7 Å².